The van der Waals surface area contributed by atoms with Crippen LogP contribution in [0.1, 0.15) is 5.69 Å². The Balaban J connectivity index is 1.38. The van der Waals surface area contributed by atoms with E-state index in [-0.39, 0.29) is 42.3 Å². The molecule has 1 fully saturated rings. The fraction of sp³-hybridized carbons (Fsp3) is 0.208. The fourth-order valence-electron chi connectivity index (χ4n) is 4.24. The van der Waals surface area contributed by atoms with Gasteiger partial charge >= 0.3 is 12.3 Å². The average molecular weight is 565 g/mol. The number of hydrogen-bond acceptors (Lipinski definition) is 7. The minimum absolute atomic E-state index is 0.0250. The number of non-ortho nitro benzene ring substituents is 1. The van der Waals surface area contributed by atoms with E-state index >= 15 is 0 Å². The highest BCUT2D eigenvalue weighted by Crippen LogP contribution is 2.36. The molecule has 4 aromatic rings. The molecule has 5 rings (SSSR count). The lowest BCUT2D eigenvalue weighted by Gasteiger charge is -2.49. The molecule has 1 aliphatic heterocycles. The third-order valence-corrected chi connectivity index (χ3v) is 6.42. The van der Waals surface area contributed by atoms with Crippen molar-refractivity contribution in [2.75, 3.05) is 25.0 Å². The predicted octanol–water partition coefficient (Wildman–Crippen LogP) is 5.47. The molecular weight excluding hydrogens is 548 g/mol. The van der Waals surface area contributed by atoms with Gasteiger partial charge in [-0.15, -0.1) is 0 Å². The van der Waals surface area contributed by atoms with Crippen molar-refractivity contribution < 1.29 is 32.0 Å². The zero-order valence-electron chi connectivity index (χ0n) is 19.7. The summed E-state index contributed by atoms with van der Waals surface area (Å²) < 4.78 is 60.9. The van der Waals surface area contributed by atoms with Crippen LogP contribution < -0.4 is 10.1 Å². The van der Waals surface area contributed by atoms with E-state index in [2.05, 4.69) is 15.4 Å². The van der Waals surface area contributed by atoms with Crippen LogP contribution in [-0.2, 0) is 11.7 Å². The third kappa shape index (κ3) is 5.27. The van der Waals surface area contributed by atoms with Gasteiger partial charge in [0.2, 0.25) is 0 Å². The molecule has 15 heteroatoms. The third-order valence-electron chi connectivity index (χ3n) is 6.19. The first-order valence-electron chi connectivity index (χ1n) is 11.3. The Morgan fingerprint density at radius 1 is 1.18 bits per heavy atom. The number of amides is 1. The van der Waals surface area contributed by atoms with E-state index in [0.717, 1.165) is 18.5 Å². The summed E-state index contributed by atoms with van der Waals surface area (Å²) in [5.41, 5.74) is -2.17. The number of alkyl halides is 3. The summed E-state index contributed by atoms with van der Waals surface area (Å²) in [5, 5.41) is 18.4. The van der Waals surface area contributed by atoms with Gasteiger partial charge < -0.3 is 15.0 Å². The SMILES string of the molecule is O=C(Oc1ccc([N+](=O)[O-])cc1)N1CC(CNc2cc(C(F)(F)F)nc3ccc(Cl)cc23)(n2cc(F)cn2)C1. The maximum atomic E-state index is 13.8. The van der Waals surface area contributed by atoms with Crippen LogP contribution >= 0.6 is 11.6 Å². The molecule has 1 saturated heterocycles. The van der Waals surface area contributed by atoms with Crippen molar-refractivity contribution in [3.63, 3.8) is 0 Å². The molecule has 3 heterocycles. The minimum Gasteiger partial charge on any atom is -0.410 e. The van der Waals surface area contributed by atoms with E-state index in [4.69, 9.17) is 16.3 Å². The second-order valence-corrected chi connectivity index (χ2v) is 9.31. The maximum absolute atomic E-state index is 13.8. The molecule has 0 spiro atoms. The second kappa shape index (κ2) is 9.69. The number of pyridine rings is 1. The summed E-state index contributed by atoms with van der Waals surface area (Å²) in [5.74, 6) is -0.562. The van der Waals surface area contributed by atoms with Crippen LogP contribution in [0, 0.1) is 15.9 Å². The van der Waals surface area contributed by atoms with Gasteiger partial charge in [-0.25, -0.2) is 14.2 Å². The molecule has 202 valence electrons. The molecule has 1 N–H and O–H groups in total. The summed E-state index contributed by atoms with van der Waals surface area (Å²) in [6.45, 7) is -0.0932. The Bertz CT molecular complexity index is 1570. The molecule has 1 aliphatic rings. The van der Waals surface area contributed by atoms with E-state index in [0.29, 0.717) is 10.4 Å². The van der Waals surface area contributed by atoms with Crippen molar-refractivity contribution in [2.45, 2.75) is 11.7 Å². The number of aromatic nitrogens is 3. The number of nitro groups is 1. The predicted molar refractivity (Wildman–Crippen MR) is 131 cm³/mol. The van der Waals surface area contributed by atoms with E-state index in [1.165, 1.54) is 52.0 Å². The Morgan fingerprint density at radius 2 is 1.90 bits per heavy atom. The van der Waals surface area contributed by atoms with Crippen LogP contribution in [0.4, 0.5) is 33.7 Å². The molecule has 10 nitrogen and oxygen atoms in total. The number of hydrogen-bond donors (Lipinski definition) is 1. The topological polar surface area (TPSA) is 115 Å². The number of carbonyl (C=O) groups excluding carboxylic acids is 1. The quantitative estimate of drug-likeness (QED) is 0.187. The molecule has 39 heavy (non-hydrogen) atoms. The lowest BCUT2D eigenvalue weighted by Crippen LogP contribution is -2.67. The van der Waals surface area contributed by atoms with Crippen molar-refractivity contribution in [3.8, 4) is 5.75 Å². The highest BCUT2D eigenvalue weighted by Gasteiger charge is 2.48. The van der Waals surface area contributed by atoms with E-state index in [1.54, 1.807) is 0 Å². The first-order chi connectivity index (χ1) is 18.4. The van der Waals surface area contributed by atoms with Crippen molar-refractivity contribution >= 4 is 40.0 Å². The number of likely N-dealkylation sites (tertiary alicyclic amines) is 1. The lowest BCUT2D eigenvalue weighted by atomic mass is 9.90. The standard InChI is InChI=1S/C24H17ClF4N6O4/c25-14-1-6-19-18(7-14)20(8-21(32-19)24(27,28)29)30-11-23(34-10-15(26)9-31-34)12-33(13-23)22(36)39-17-4-2-16(3-5-17)35(37)38/h1-10H,11-13H2,(H,30,32). The van der Waals surface area contributed by atoms with Gasteiger partial charge in [0.05, 0.1) is 35.9 Å². The van der Waals surface area contributed by atoms with Gasteiger partial charge in [-0.3, -0.25) is 14.8 Å². The van der Waals surface area contributed by atoms with Crippen LogP contribution in [0.25, 0.3) is 10.9 Å². The monoisotopic (exact) mass is 564 g/mol. The van der Waals surface area contributed by atoms with Crippen LogP contribution in [0.5, 0.6) is 5.75 Å². The lowest BCUT2D eigenvalue weighted by molar-refractivity contribution is -0.384. The van der Waals surface area contributed by atoms with Crippen molar-refractivity contribution in [1.82, 2.24) is 19.7 Å². The minimum atomic E-state index is -4.71. The van der Waals surface area contributed by atoms with Crippen molar-refractivity contribution in [1.29, 1.82) is 0 Å². The van der Waals surface area contributed by atoms with Crippen molar-refractivity contribution in [3.05, 3.63) is 87.6 Å². The van der Waals surface area contributed by atoms with Crippen LogP contribution in [0.3, 0.4) is 0 Å². The highest BCUT2D eigenvalue weighted by atomic mass is 35.5. The summed E-state index contributed by atoms with van der Waals surface area (Å²) in [6, 6.07) is 10.0. The average Bonchev–Trinajstić information content (AvgIpc) is 3.29. The van der Waals surface area contributed by atoms with Gasteiger partial charge in [-0.05, 0) is 36.4 Å². The van der Waals surface area contributed by atoms with Crippen LogP contribution in [0.2, 0.25) is 5.02 Å². The maximum Gasteiger partial charge on any atom is 0.433 e. The zero-order chi connectivity index (χ0) is 27.9. The molecule has 2 aromatic carbocycles. The summed E-state index contributed by atoms with van der Waals surface area (Å²) >= 11 is 6.07. The van der Waals surface area contributed by atoms with Gasteiger partial charge in [0.15, 0.2) is 5.82 Å². The smallest absolute Gasteiger partial charge is 0.410 e. The molecule has 0 saturated carbocycles. The van der Waals surface area contributed by atoms with E-state index in [9.17, 15) is 32.5 Å². The van der Waals surface area contributed by atoms with Gasteiger partial charge in [-0.1, -0.05) is 11.6 Å². The molecule has 0 bridgehead atoms. The van der Waals surface area contributed by atoms with E-state index in [1.807, 2.05) is 0 Å². The number of benzene rings is 2. The first kappa shape index (κ1) is 26.2. The Labute approximate surface area is 221 Å². The number of nitrogens with one attached hydrogen (secondary N) is 1. The molecule has 0 unspecified atom stereocenters. The number of ether oxygens (including phenoxy) is 1. The van der Waals surface area contributed by atoms with E-state index < -0.39 is 34.2 Å². The second-order valence-electron chi connectivity index (χ2n) is 8.87. The Kier molecular flexibility index (Phi) is 6.50. The van der Waals surface area contributed by atoms with Crippen molar-refractivity contribution in [2.24, 2.45) is 0 Å². The molecular formula is C24H17ClF4N6O4. The fourth-order valence-corrected chi connectivity index (χ4v) is 4.41. The summed E-state index contributed by atoms with van der Waals surface area (Å²) in [4.78, 5) is 27.9. The van der Waals surface area contributed by atoms with Crippen LogP contribution in [0.15, 0.2) is 60.9 Å². The number of nitro benzene ring substituents is 1. The summed E-state index contributed by atoms with van der Waals surface area (Å²) in [7, 11) is 0. The molecule has 1 amide bonds. The number of halogens is 5. The Hall–Kier alpha value is -4.46. The number of nitrogens with zero attached hydrogens (tertiary/aromatic N) is 5. The summed E-state index contributed by atoms with van der Waals surface area (Å²) in [6.07, 6.45) is -3.39. The molecule has 0 radical (unpaired) electrons. The number of carbonyl (C=O) groups is 1. The Morgan fingerprint density at radius 3 is 2.51 bits per heavy atom. The first-order valence-corrected chi connectivity index (χ1v) is 11.6. The zero-order valence-corrected chi connectivity index (χ0v) is 20.4. The van der Waals surface area contributed by atoms with Crippen LogP contribution in [-0.4, -0.2) is 50.3 Å². The molecule has 2 aromatic heterocycles. The number of anilines is 1. The normalized spacial score (nSPS) is 14.6. The van der Waals surface area contributed by atoms with Gasteiger partial charge in [0.1, 0.15) is 17.0 Å². The molecule has 0 aliphatic carbocycles. The highest BCUT2D eigenvalue weighted by molar-refractivity contribution is 6.31. The molecule has 0 atom stereocenters. The number of fused-ring (bicyclic) bond motifs is 1. The van der Waals surface area contributed by atoms with Gasteiger partial charge in [-0.2, -0.15) is 18.3 Å². The van der Waals surface area contributed by atoms with Gasteiger partial charge in [0, 0.05) is 34.8 Å². The number of rotatable bonds is 6. The van der Waals surface area contributed by atoms with Gasteiger partial charge in [0.25, 0.3) is 5.69 Å². The largest absolute Gasteiger partial charge is 0.433 e.